The lowest BCUT2D eigenvalue weighted by Gasteiger charge is -1.89. The predicted octanol–water partition coefficient (Wildman–Crippen LogP) is 3.36. The summed E-state index contributed by atoms with van der Waals surface area (Å²) in [5.74, 6) is 0. The summed E-state index contributed by atoms with van der Waals surface area (Å²) in [7, 11) is 1.75. The summed E-state index contributed by atoms with van der Waals surface area (Å²) in [6.07, 6.45) is 2.74. The average Bonchev–Trinajstić information content (AvgIpc) is 2.70. The Morgan fingerprint density at radius 1 is 1.33 bits per heavy atom. The third kappa shape index (κ3) is 4.34. The Kier molecular flexibility index (Phi) is 5.59. The Morgan fingerprint density at radius 3 is 2.22 bits per heavy atom. The van der Waals surface area contributed by atoms with Gasteiger partial charge in [-0.15, -0.1) is 0 Å². The summed E-state index contributed by atoms with van der Waals surface area (Å²) in [6.45, 7) is 3.91. The smallest absolute Gasteiger partial charge is 0.255 e. The second-order valence-electron chi connectivity index (χ2n) is 3.91. The summed E-state index contributed by atoms with van der Waals surface area (Å²) >= 11 is 5.23. The number of benzene rings is 1. The molecule has 3 nitrogen and oxygen atoms in total. The fourth-order valence-electron chi connectivity index (χ4n) is 1.51. The van der Waals surface area contributed by atoms with E-state index in [0.29, 0.717) is 11.3 Å². The molecule has 0 atom stereocenters. The number of rotatable bonds is 2. The van der Waals surface area contributed by atoms with Crippen LogP contribution in [-0.4, -0.2) is 15.0 Å². The van der Waals surface area contributed by atoms with Crippen LogP contribution in [0.1, 0.15) is 28.5 Å². The molecule has 1 aromatic heterocycles. The number of aryl methyl sites for hydroxylation is 3. The third-order valence-electron chi connectivity index (χ3n) is 2.48. The van der Waals surface area contributed by atoms with Crippen LogP contribution >= 0.6 is 11.6 Å². The largest absolute Gasteiger partial charge is 0.275 e. The Morgan fingerprint density at radius 2 is 1.94 bits per heavy atom. The van der Waals surface area contributed by atoms with Crippen molar-refractivity contribution in [1.29, 1.82) is 0 Å². The summed E-state index contributed by atoms with van der Waals surface area (Å²) in [6, 6.07) is 10.5. The molecule has 4 heteroatoms. The van der Waals surface area contributed by atoms with Crippen molar-refractivity contribution in [2.24, 2.45) is 7.05 Å². The highest BCUT2D eigenvalue weighted by atomic mass is 35.5. The van der Waals surface area contributed by atoms with E-state index in [-0.39, 0.29) is 0 Å². The minimum absolute atomic E-state index is 0.453. The van der Waals surface area contributed by atoms with Gasteiger partial charge in [0, 0.05) is 13.2 Å². The Hall–Kier alpha value is -1.61. The predicted molar refractivity (Wildman–Crippen MR) is 73.9 cm³/mol. The molecule has 0 saturated heterocycles. The maximum absolute atomic E-state index is 10.6. The second kappa shape index (κ2) is 6.97. The number of aromatic nitrogens is 2. The number of carbonyl (C=O) groups excluding carboxylic acids is 1. The monoisotopic (exact) mass is 264 g/mol. The Bertz CT molecular complexity index is 506. The molecule has 0 unspecified atom stereocenters. The fourth-order valence-corrected chi connectivity index (χ4v) is 1.69. The molecule has 1 heterocycles. The van der Waals surface area contributed by atoms with E-state index in [1.807, 2.05) is 6.07 Å². The number of carbonyl (C=O) groups is 1. The van der Waals surface area contributed by atoms with Crippen molar-refractivity contribution < 1.29 is 4.79 Å². The normalized spacial score (nSPS) is 9.56. The van der Waals surface area contributed by atoms with Crippen LogP contribution in [0.4, 0.5) is 0 Å². The first-order valence-corrected chi connectivity index (χ1v) is 6.16. The van der Waals surface area contributed by atoms with Crippen molar-refractivity contribution in [2.45, 2.75) is 20.3 Å². The van der Waals surface area contributed by atoms with Crippen molar-refractivity contribution in [3.8, 4) is 0 Å². The second-order valence-corrected chi connectivity index (χ2v) is 4.26. The van der Waals surface area contributed by atoms with Crippen molar-refractivity contribution in [2.75, 3.05) is 0 Å². The van der Waals surface area contributed by atoms with Gasteiger partial charge in [0.1, 0.15) is 0 Å². The SMILES string of the molecule is CCc1ccccc1.Cc1nn(C)cc1C(=O)Cl. The Labute approximate surface area is 112 Å². The van der Waals surface area contributed by atoms with Crippen molar-refractivity contribution in [1.82, 2.24) is 9.78 Å². The molecule has 0 aliphatic heterocycles. The number of hydrogen-bond donors (Lipinski definition) is 0. The van der Waals surface area contributed by atoms with Crippen molar-refractivity contribution in [3.05, 3.63) is 53.3 Å². The minimum atomic E-state index is -0.453. The summed E-state index contributed by atoms with van der Waals surface area (Å²) in [5.41, 5.74) is 2.55. The Balaban J connectivity index is 0.000000184. The van der Waals surface area contributed by atoms with Gasteiger partial charge in [-0.05, 0) is 30.5 Å². The van der Waals surface area contributed by atoms with Crippen molar-refractivity contribution in [3.63, 3.8) is 0 Å². The van der Waals surface area contributed by atoms with Gasteiger partial charge in [-0.2, -0.15) is 5.10 Å². The highest BCUT2D eigenvalue weighted by Gasteiger charge is 2.08. The van der Waals surface area contributed by atoms with Gasteiger partial charge < -0.3 is 0 Å². The lowest BCUT2D eigenvalue weighted by molar-refractivity contribution is 0.108. The van der Waals surface area contributed by atoms with Crippen LogP contribution in [0.5, 0.6) is 0 Å². The third-order valence-corrected chi connectivity index (χ3v) is 2.68. The van der Waals surface area contributed by atoms with E-state index in [1.165, 1.54) is 5.56 Å². The maximum Gasteiger partial charge on any atom is 0.255 e. The molecule has 0 aliphatic rings. The summed E-state index contributed by atoms with van der Waals surface area (Å²) < 4.78 is 1.56. The van der Waals surface area contributed by atoms with Crippen LogP contribution in [0.2, 0.25) is 0 Å². The molecule has 2 rings (SSSR count). The first kappa shape index (κ1) is 14.5. The molecule has 0 N–H and O–H groups in total. The highest BCUT2D eigenvalue weighted by Crippen LogP contribution is 2.07. The highest BCUT2D eigenvalue weighted by molar-refractivity contribution is 6.67. The van der Waals surface area contributed by atoms with Crippen LogP contribution in [0.3, 0.4) is 0 Å². The van der Waals surface area contributed by atoms with Gasteiger partial charge in [0.25, 0.3) is 5.24 Å². The molecular weight excluding hydrogens is 248 g/mol. The van der Waals surface area contributed by atoms with Crippen LogP contribution in [0, 0.1) is 6.92 Å². The van der Waals surface area contributed by atoms with E-state index in [4.69, 9.17) is 11.6 Å². The summed E-state index contributed by atoms with van der Waals surface area (Å²) in [5, 5.41) is 3.49. The van der Waals surface area contributed by atoms with Gasteiger partial charge in [-0.1, -0.05) is 37.3 Å². The zero-order valence-electron chi connectivity index (χ0n) is 10.9. The zero-order chi connectivity index (χ0) is 13.5. The van der Waals surface area contributed by atoms with E-state index in [1.54, 1.807) is 24.9 Å². The van der Waals surface area contributed by atoms with E-state index < -0.39 is 5.24 Å². The van der Waals surface area contributed by atoms with E-state index in [9.17, 15) is 4.79 Å². The molecule has 0 fully saturated rings. The molecule has 0 bridgehead atoms. The lowest BCUT2D eigenvalue weighted by atomic mass is 10.2. The van der Waals surface area contributed by atoms with Crippen molar-refractivity contribution >= 4 is 16.8 Å². The van der Waals surface area contributed by atoms with Gasteiger partial charge >= 0.3 is 0 Å². The topological polar surface area (TPSA) is 34.9 Å². The lowest BCUT2D eigenvalue weighted by Crippen LogP contribution is -1.87. The molecule has 0 amide bonds. The van der Waals surface area contributed by atoms with Gasteiger partial charge in [-0.3, -0.25) is 9.48 Å². The van der Waals surface area contributed by atoms with Crippen LogP contribution in [0.15, 0.2) is 36.5 Å². The molecule has 0 aliphatic carbocycles. The molecule has 0 spiro atoms. The zero-order valence-corrected chi connectivity index (χ0v) is 11.6. The molecule has 2 aromatic rings. The van der Waals surface area contributed by atoms with Crippen LogP contribution in [-0.2, 0) is 13.5 Å². The molecular formula is C14H17ClN2O. The standard InChI is InChI=1S/C8H10.C6H7ClN2O/c1-2-8-6-4-3-5-7-8;1-4-5(6(7)10)3-9(2)8-4/h3-7H,2H2,1H3;3H,1-2H3. The molecule has 0 radical (unpaired) electrons. The van der Waals surface area contributed by atoms with E-state index in [2.05, 4.69) is 36.3 Å². The maximum atomic E-state index is 10.6. The average molecular weight is 265 g/mol. The number of hydrogen-bond acceptors (Lipinski definition) is 2. The number of halogens is 1. The molecule has 96 valence electrons. The van der Waals surface area contributed by atoms with Gasteiger partial charge in [-0.25, -0.2) is 0 Å². The van der Waals surface area contributed by atoms with Gasteiger partial charge in [0.15, 0.2) is 0 Å². The first-order valence-electron chi connectivity index (χ1n) is 5.78. The quantitative estimate of drug-likeness (QED) is 0.780. The minimum Gasteiger partial charge on any atom is -0.275 e. The first-order chi connectivity index (χ1) is 8.54. The number of nitrogens with zero attached hydrogens (tertiary/aromatic N) is 2. The molecule has 1 aromatic carbocycles. The van der Waals surface area contributed by atoms with E-state index in [0.717, 1.165) is 6.42 Å². The van der Waals surface area contributed by atoms with Gasteiger partial charge in [0.2, 0.25) is 0 Å². The van der Waals surface area contributed by atoms with Crippen LogP contribution in [0.25, 0.3) is 0 Å². The van der Waals surface area contributed by atoms with Crippen LogP contribution < -0.4 is 0 Å². The van der Waals surface area contributed by atoms with Gasteiger partial charge in [0.05, 0.1) is 11.3 Å². The van der Waals surface area contributed by atoms with E-state index >= 15 is 0 Å². The molecule has 0 saturated carbocycles. The summed E-state index contributed by atoms with van der Waals surface area (Å²) in [4.78, 5) is 10.6. The fraction of sp³-hybridized carbons (Fsp3) is 0.286. The molecule has 18 heavy (non-hydrogen) atoms.